The van der Waals surface area contributed by atoms with Gasteiger partial charge in [-0.25, -0.2) is 4.98 Å². The van der Waals surface area contributed by atoms with Gasteiger partial charge in [0.15, 0.2) is 17.1 Å². The smallest absolute Gasteiger partial charge is 0.287 e. The molecule has 0 spiro atoms. The Bertz CT molecular complexity index is 1020. The molecule has 8 nitrogen and oxygen atoms in total. The third kappa shape index (κ3) is 4.32. The minimum absolute atomic E-state index is 0.125. The summed E-state index contributed by atoms with van der Waals surface area (Å²) in [5.74, 6) is 2.26. The zero-order chi connectivity index (χ0) is 21.1. The summed E-state index contributed by atoms with van der Waals surface area (Å²) < 4.78 is 11.1. The van der Waals surface area contributed by atoms with Crippen LogP contribution in [-0.4, -0.2) is 49.2 Å². The Morgan fingerprint density at radius 1 is 1.17 bits per heavy atom. The lowest BCUT2D eigenvalue weighted by molar-refractivity contribution is 0.0900. The molecule has 1 saturated carbocycles. The molecule has 158 valence electrons. The minimum atomic E-state index is -0.188. The Hall–Kier alpha value is -3.29. The molecular weight excluding hydrogens is 382 g/mol. The highest BCUT2D eigenvalue weighted by atomic mass is 16.5. The monoisotopic (exact) mass is 409 g/mol. The number of para-hydroxylation sites is 1. The van der Waals surface area contributed by atoms with Gasteiger partial charge < -0.3 is 24.7 Å². The average Bonchev–Trinajstić information content (AvgIpc) is 3.20. The molecule has 2 N–H and O–H groups in total. The van der Waals surface area contributed by atoms with E-state index in [1.807, 2.05) is 43.3 Å². The van der Waals surface area contributed by atoms with Crippen molar-refractivity contribution in [3.05, 3.63) is 42.3 Å². The summed E-state index contributed by atoms with van der Waals surface area (Å²) in [6.07, 6.45) is 5.42. The van der Waals surface area contributed by atoms with Crippen molar-refractivity contribution in [1.29, 1.82) is 0 Å². The molecule has 1 aliphatic carbocycles. The molecule has 1 aliphatic rings. The molecule has 0 aliphatic heterocycles. The molecule has 3 aromatic rings. The number of furan rings is 1. The van der Waals surface area contributed by atoms with Crippen LogP contribution in [0.15, 0.2) is 40.9 Å². The van der Waals surface area contributed by atoms with Gasteiger partial charge in [-0.2, -0.15) is 4.98 Å². The van der Waals surface area contributed by atoms with E-state index in [9.17, 15) is 4.79 Å². The molecule has 0 radical (unpaired) electrons. The van der Waals surface area contributed by atoms with E-state index < -0.39 is 0 Å². The van der Waals surface area contributed by atoms with Gasteiger partial charge in [0.1, 0.15) is 5.82 Å². The molecule has 1 amide bonds. The molecule has 0 saturated heterocycles. The summed E-state index contributed by atoms with van der Waals surface area (Å²) in [6, 6.07) is 9.67. The molecule has 2 heterocycles. The van der Waals surface area contributed by atoms with Crippen molar-refractivity contribution in [3.8, 4) is 5.75 Å². The maximum Gasteiger partial charge on any atom is 0.287 e. The molecule has 30 heavy (non-hydrogen) atoms. The molecule has 0 bridgehead atoms. The lowest BCUT2D eigenvalue weighted by Crippen LogP contribution is -2.40. The summed E-state index contributed by atoms with van der Waals surface area (Å²) >= 11 is 0. The van der Waals surface area contributed by atoms with Crippen molar-refractivity contribution < 1.29 is 13.9 Å². The predicted octanol–water partition coefficient (Wildman–Crippen LogP) is 3.45. The van der Waals surface area contributed by atoms with Gasteiger partial charge in [0.2, 0.25) is 5.95 Å². The number of rotatable bonds is 6. The van der Waals surface area contributed by atoms with Gasteiger partial charge in [-0.3, -0.25) is 4.79 Å². The van der Waals surface area contributed by atoms with E-state index >= 15 is 0 Å². The van der Waals surface area contributed by atoms with E-state index in [1.165, 1.54) is 0 Å². The topological polar surface area (TPSA) is 92.5 Å². The first-order chi connectivity index (χ1) is 14.5. The van der Waals surface area contributed by atoms with Crippen molar-refractivity contribution in [2.24, 2.45) is 0 Å². The maximum absolute atomic E-state index is 12.7. The third-order valence-corrected chi connectivity index (χ3v) is 5.45. The number of hydrogen-bond donors (Lipinski definition) is 2. The number of carbonyl (C=O) groups excluding carboxylic acids is 1. The van der Waals surface area contributed by atoms with Crippen LogP contribution in [0.5, 0.6) is 5.75 Å². The van der Waals surface area contributed by atoms with E-state index in [0.717, 1.165) is 36.9 Å². The van der Waals surface area contributed by atoms with Crippen LogP contribution in [0.3, 0.4) is 0 Å². The van der Waals surface area contributed by atoms with Gasteiger partial charge in [-0.05, 0) is 43.9 Å². The Morgan fingerprint density at radius 2 is 1.93 bits per heavy atom. The van der Waals surface area contributed by atoms with Crippen molar-refractivity contribution in [2.75, 3.05) is 31.4 Å². The SMILES string of the molecule is COc1cccc2cc(C(=O)N[C@H]3CC[C@@H](Nc4nccc(N(C)C)n4)CC3)oc12. The van der Waals surface area contributed by atoms with E-state index in [0.29, 0.717) is 29.1 Å². The Balaban J connectivity index is 1.32. The second kappa shape index (κ2) is 8.61. The van der Waals surface area contributed by atoms with Crippen LogP contribution >= 0.6 is 0 Å². The second-order valence-corrected chi connectivity index (χ2v) is 7.79. The fourth-order valence-electron chi connectivity index (χ4n) is 3.80. The zero-order valence-corrected chi connectivity index (χ0v) is 17.5. The Labute approximate surface area is 175 Å². The largest absolute Gasteiger partial charge is 0.493 e. The van der Waals surface area contributed by atoms with Gasteiger partial charge >= 0.3 is 0 Å². The fraction of sp³-hybridized carbons (Fsp3) is 0.409. The molecule has 4 rings (SSSR count). The lowest BCUT2D eigenvalue weighted by atomic mass is 9.91. The highest BCUT2D eigenvalue weighted by molar-refractivity contribution is 5.97. The second-order valence-electron chi connectivity index (χ2n) is 7.79. The fourth-order valence-corrected chi connectivity index (χ4v) is 3.80. The molecule has 2 aromatic heterocycles. The molecular formula is C22H27N5O3. The number of nitrogens with one attached hydrogen (secondary N) is 2. The molecule has 0 unspecified atom stereocenters. The van der Waals surface area contributed by atoms with Crippen LogP contribution in [0.1, 0.15) is 36.2 Å². The van der Waals surface area contributed by atoms with Crippen molar-refractivity contribution in [3.63, 3.8) is 0 Å². The van der Waals surface area contributed by atoms with Gasteiger partial charge in [0, 0.05) is 37.8 Å². The van der Waals surface area contributed by atoms with Crippen LogP contribution in [-0.2, 0) is 0 Å². The summed E-state index contributed by atoms with van der Waals surface area (Å²) in [5.41, 5.74) is 0.595. The van der Waals surface area contributed by atoms with Crippen LogP contribution in [0, 0.1) is 0 Å². The van der Waals surface area contributed by atoms with Gasteiger partial charge in [0.05, 0.1) is 7.11 Å². The van der Waals surface area contributed by atoms with E-state index in [2.05, 4.69) is 20.6 Å². The van der Waals surface area contributed by atoms with E-state index in [1.54, 1.807) is 19.4 Å². The number of amides is 1. The van der Waals surface area contributed by atoms with Crippen molar-refractivity contribution >= 4 is 28.6 Å². The number of fused-ring (bicyclic) bond motifs is 1. The summed E-state index contributed by atoms with van der Waals surface area (Å²) in [4.78, 5) is 23.5. The normalized spacial score (nSPS) is 18.8. The quantitative estimate of drug-likeness (QED) is 0.644. The Kier molecular flexibility index (Phi) is 5.74. The summed E-state index contributed by atoms with van der Waals surface area (Å²) in [7, 11) is 5.50. The third-order valence-electron chi connectivity index (χ3n) is 5.45. The number of carbonyl (C=O) groups is 1. The predicted molar refractivity (Wildman–Crippen MR) is 116 cm³/mol. The highest BCUT2D eigenvalue weighted by Gasteiger charge is 2.24. The number of ether oxygens (including phenoxy) is 1. The lowest BCUT2D eigenvalue weighted by Gasteiger charge is -2.29. The first-order valence-electron chi connectivity index (χ1n) is 10.2. The van der Waals surface area contributed by atoms with Crippen LogP contribution in [0.2, 0.25) is 0 Å². The van der Waals surface area contributed by atoms with Crippen LogP contribution in [0.4, 0.5) is 11.8 Å². The van der Waals surface area contributed by atoms with Crippen LogP contribution in [0.25, 0.3) is 11.0 Å². The molecule has 0 atom stereocenters. The van der Waals surface area contributed by atoms with Gasteiger partial charge in [0.25, 0.3) is 5.91 Å². The van der Waals surface area contributed by atoms with Crippen LogP contribution < -0.4 is 20.3 Å². The van der Waals surface area contributed by atoms with Gasteiger partial charge in [-0.1, -0.05) is 12.1 Å². The number of nitrogens with zero attached hydrogens (tertiary/aromatic N) is 3. The minimum Gasteiger partial charge on any atom is -0.493 e. The molecule has 1 aromatic carbocycles. The average molecular weight is 409 g/mol. The Morgan fingerprint density at radius 3 is 2.67 bits per heavy atom. The van der Waals surface area contributed by atoms with Crippen molar-refractivity contribution in [2.45, 2.75) is 37.8 Å². The molecule has 8 heteroatoms. The number of aromatic nitrogens is 2. The zero-order valence-electron chi connectivity index (χ0n) is 17.5. The summed E-state index contributed by atoms with van der Waals surface area (Å²) in [6.45, 7) is 0. The number of methoxy groups -OCH3 is 1. The van der Waals surface area contributed by atoms with Crippen molar-refractivity contribution in [1.82, 2.24) is 15.3 Å². The first kappa shape index (κ1) is 20.0. The number of benzene rings is 1. The summed E-state index contributed by atoms with van der Waals surface area (Å²) in [5, 5.41) is 7.37. The van der Waals surface area contributed by atoms with Gasteiger partial charge in [-0.15, -0.1) is 0 Å². The highest BCUT2D eigenvalue weighted by Crippen LogP contribution is 2.29. The number of anilines is 2. The first-order valence-corrected chi connectivity index (χ1v) is 10.2. The molecule has 1 fully saturated rings. The maximum atomic E-state index is 12.7. The van der Waals surface area contributed by atoms with E-state index in [-0.39, 0.29) is 11.9 Å². The standard InChI is InChI=1S/C22H27N5O3/c1-27(2)19-11-12-23-22(26-19)25-16-9-7-15(8-10-16)24-21(28)18-13-14-5-4-6-17(29-3)20(14)30-18/h4-6,11-13,15-16H,7-10H2,1-3H3,(H,24,28)(H,23,25,26)/t15-,16+. The number of hydrogen-bond acceptors (Lipinski definition) is 7. The van der Waals surface area contributed by atoms with E-state index in [4.69, 9.17) is 9.15 Å².